The SMILES string of the molecule is C=O.C=O.CNc1ccccc1NC(=O)CCC(=O)NCc1cc(C(F)(F)F)cc(C(F)(F)F)c1.Cc1cc(C)c(C)c(C)c1. The van der Waals surface area contributed by atoms with Crippen molar-refractivity contribution < 1.29 is 45.5 Å². The summed E-state index contributed by atoms with van der Waals surface area (Å²) >= 11 is 0. The van der Waals surface area contributed by atoms with E-state index in [4.69, 9.17) is 9.59 Å². The molecule has 0 heterocycles. The molecule has 0 bridgehead atoms. The van der Waals surface area contributed by atoms with Crippen LogP contribution in [0.25, 0.3) is 0 Å². The largest absolute Gasteiger partial charge is 0.416 e. The predicted octanol–water partition coefficient (Wildman–Crippen LogP) is 7.35. The summed E-state index contributed by atoms with van der Waals surface area (Å²) in [5, 5.41) is 7.72. The number of carbonyl (C=O) groups is 4. The Morgan fingerprint density at radius 1 is 0.689 bits per heavy atom. The molecule has 0 fully saturated rings. The fourth-order valence-electron chi connectivity index (χ4n) is 3.91. The van der Waals surface area contributed by atoms with Crippen LogP contribution in [0.15, 0.2) is 54.6 Å². The number of anilines is 2. The van der Waals surface area contributed by atoms with Crippen molar-refractivity contribution >= 4 is 36.8 Å². The van der Waals surface area contributed by atoms with Crippen LogP contribution >= 0.6 is 0 Å². The van der Waals surface area contributed by atoms with E-state index in [9.17, 15) is 35.9 Å². The van der Waals surface area contributed by atoms with Crippen LogP contribution in [-0.2, 0) is 38.1 Å². The van der Waals surface area contributed by atoms with E-state index < -0.39 is 41.8 Å². The summed E-state index contributed by atoms with van der Waals surface area (Å²) in [6.07, 6.45) is -10.5. The van der Waals surface area contributed by atoms with Gasteiger partial charge in [-0.05, 0) is 80.3 Å². The third-order valence-corrected chi connectivity index (χ3v) is 6.26. The number of halogens is 6. The molecule has 0 unspecified atom stereocenters. The van der Waals surface area contributed by atoms with Gasteiger partial charge in [-0.2, -0.15) is 26.3 Å². The van der Waals surface area contributed by atoms with Gasteiger partial charge in [-0.3, -0.25) is 9.59 Å². The van der Waals surface area contributed by atoms with Crippen molar-refractivity contribution in [2.45, 2.75) is 59.4 Å². The highest BCUT2D eigenvalue weighted by molar-refractivity contribution is 5.95. The van der Waals surface area contributed by atoms with Crippen molar-refractivity contribution in [1.29, 1.82) is 0 Å². The molecule has 0 spiro atoms. The lowest BCUT2D eigenvalue weighted by Gasteiger charge is -2.14. The number of hydrogen-bond donors (Lipinski definition) is 3. The van der Waals surface area contributed by atoms with Gasteiger partial charge >= 0.3 is 12.4 Å². The van der Waals surface area contributed by atoms with Crippen LogP contribution in [0.3, 0.4) is 0 Å². The molecule has 3 aromatic rings. The van der Waals surface area contributed by atoms with Crippen LogP contribution in [0.4, 0.5) is 37.7 Å². The lowest BCUT2D eigenvalue weighted by molar-refractivity contribution is -0.143. The first kappa shape index (κ1) is 40.3. The van der Waals surface area contributed by atoms with Gasteiger partial charge in [0.25, 0.3) is 0 Å². The minimum Gasteiger partial charge on any atom is -0.386 e. The second-order valence-corrected chi connectivity index (χ2v) is 9.56. The first-order valence-corrected chi connectivity index (χ1v) is 13.2. The molecule has 0 radical (unpaired) electrons. The maximum absolute atomic E-state index is 12.9. The Hall–Kier alpha value is -4.68. The number of alkyl halides is 6. The second-order valence-electron chi connectivity index (χ2n) is 9.56. The van der Waals surface area contributed by atoms with Gasteiger partial charge in [0.1, 0.15) is 13.6 Å². The minimum absolute atomic E-state index is 0.0126. The molecule has 2 amide bonds. The lowest BCUT2D eigenvalue weighted by Crippen LogP contribution is -2.25. The van der Waals surface area contributed by atoms with Crippen LogP contribution in [0, 0.1) is 27.7 Å². The first-order chi connectivity index (χ1) is 21.0. The number of carbonyl (C=O) groups excluding carboxylic acids is 4. The van der Waals surface area contributed by atoms with Crippen LogP contribution in [0.5, 0.6) is 0 Å². The maximum Gasteiger partial charge on any atom is 0.416 e. The van der Waals surface area contributed by atoms with Crippen molar-refractivity contribution in [3.05, 3.63) is 93.5 Å². The summed E-state index contributed by atoms with van der Waals surface area (Å²) in [7, 11) is 1.66. The molecule has 246 valence electrons. The number of benzene rings is 3. The molecule has 3 N–H and O–H groups in total. The van der Waals surface area contributed by atoms with Gasteiger partial charge in [-0.15, -0.1) is 0 Å². The van der Waals surface area contributed by atoms with E-state index in [1.807, 2.05) is 13.6 Å². The summed E-state index contributed by atoms with van der Waals surface area (Å²) in [5.74, 6) is -1.17. The highest BCUT2D eigenvalue weighted by Gasteiger charge is 2.36. The molecule has 45 heavy (non-hydrogen) atoms. The van der Waals surface area contributed by atoms with Crippen molar-refractivity contribution in [3.8, 4) is 0 Å². The third kappa shape index (κ3) is 14.1. The van der Waals surface area contributed by atoms with Crippen molar-refractivity contribution in [3.63, 3.8) is 0 Å². The van der Waals surface area contributed by atoms with E-state index in [2.05, 4.69) is 55.8 Å². The Morgan fingerprint density at radius 3 is 1.58 bits per heavy atom. The van der Waals surface area contributed by atoms with E-state index in [1.165, 1.54) is 22.3 Å². The van der Waals surface area contributed by atoms with E-state index in [1.54, 1.807) is 31.3 Å². The molecular weight excluding hydrogens is 604 g/mol. The summed E-state index contributed by atoms with van der Waals surface area (Å²) in [5.41, 5.74) is 3.46. The molecular formula is C32H37F6N3O4. The normalized spacial score (nSPS) is 10.5. The molecule has 13 heteroatoms. The number of rotatable bonds is 7. The topological polar surface area (TPSA) is 104 Å². The summed E-state index contributed by atoms with van der Waals surface area (Å²) in [4.78, 5) is 39.9. The van der Waals surface area contributed by atoms with Gasteiger partial charge in [-0.1, -0.05) is 29.8 Å². The Morgan fingerprint density at radius 2 is 1.13 bits per heavy atom. The highest BCUT2D eigenvalue weighted by atomic mass is 19.4. The van der Waals surface area contributed by atoms with Crippen molar-refractivity contribution in [2.24, 2.45) is 0 Å². The number of amides is 2. The first-order valence-electron chi connectivity index (χ1n) is 13.2. The molecule has 0 saturated heterocycles. The summed E-state index contributed by atoms with van der Waals surface area (Å²) < 4.78 is 77.2. The predicted molar refractivity (Wildman–Crippen MR) is 162 cm³/mol. The number of aryl methyl sites for hydroxylation is 3. The molecule has 0 aromatic heterocycles. The molecule has 7 nitrogen and oxygen atoms in total. The standard InChI is InChI=1S/C20H19F6N3O2.C10H14.2CH2O/c1-27-15-4-2-3-5-16(15)29-18(31)7-6-17(30)28-11-12-8-13(19(21,22)23)10-14(9-12)20(24,25)26;1-7-5-8(2)10(4)9(3)6-7;2*1-2/h2-5,8-10,27H,6-7,11H2,1H3,(H,28,30)(H,29,31);5-6H,1-4H3;2*1H2. The van der Waals surface area contributed by atoms with Crippen LogP contribution < -0.4 is 16.0 Å². The summed E-state index contributed by atoms with van der Waals surface area (Å²) in [6, 6.07) is 12.4. The average Bonchev–Trinajstić information content (AvgIpc) is 2.99. The van der Waals surface area contributed by atoms with E-state index in [0.717, 1.165) is 0 Å². The van der Waals surface area contributed by atoms with Gasteiger partial charge in [0.15, 0.2) is 0 Å². The fraction of sp³-hybridized carbons (Fsp3) is 0.312. The zero-order chi connectivity index (χ0) is 35.0. The smallest absolute Gasteiger partial charge is 0.386 e. The monoisotopic (exact) mass is 641 g/mol. The Bertz CT molecular complexity index is 1350. The fourth-order valence-corrected chi connectivity index (χ4v) is 3.91. The molecule has 3 rings (SSSR count). The van der Waals surface area contributed by atoms with E-state index in [-0.39, 0.29) is 24.5 Å². The Kier molecular flexibility index (Phi) is 16.9. The second kappa shape index (κ2) is 18.9. The zero-order valence-corrected chi connectivity index (χ0v) is 25.6. The van der Waals surface area contributed by atoms with Gasteiger partial charge in [-0.25, -0.2) is 0 Å². The minimum atomic E-state index is -4.97. The quantitative estimate of drug-likeness (QED) is 0.234. The van der Waals surface area contributed by atoms with Crippen molar-refractivity contribution in [2.75, 3.05) is 17.7 Å². The van der Waals surface area contributed by atoms with Crippen LogP contribution in [0.2, 0.25) is 0 Å². The zero-order valence-electron chi connectivity index (χ0n) is 25.6. The van der Waals surface area contributed by atoms with E-state index in [0.29, 0.717) is 23.5 Å². The van der Waals surface area contributed by atoms with Gasteiger partial charge < -0.3 is 25.5 Å². The van der Waals surface area contributed by atoms with Crippen LogP contribution in [-0.4, -0.2) is 32.4 Å². The third-order valence-electron chi connectivity index (χ3n) is 6.26. The van der Waals surface area contributed by atoms with Gasteiger partial charge in [0.05, 0.1) is 22.5 Å². The molecule has 0 aliphatic carbocycles. The number of nitrogens with one attached hydrogen (secondary N) is 3. The molecule has 0 saturated carbocycles. The molecule has 0 aliphatic heterocycles. The number of hydrogen-bond acceptors (Lipinski definition) is 5. The molecule has 0 aliphatic rings. The van der Waals surface area contributed by atoms with E-state index >= 15 is 0 Å². The van der Waals surface area contributed by atoms with Gasteiger partial charge in [0.2, 0.25) is 11.8 Å². The average molecular weight is 642 g/mol. The maximum atomic E-state index is 12.9. The van der Waals surface area contributed by atoms with Crippen molar-refractivity contribution in [1.82, 2.24) is 5.32 Å². The van der Waals surface area contributed by atoms with Gasteiger partial charge in [0, 0.05) is 26.4 Å². The van der Waals surface area contributed by atoms with Crippen LogP contribution in [0.1, 0.15) is 51.8 Å². The Labute approximate surface area is 258 Å². The summed E-state index contributed by atoms with van der Waals surface area (Å²) in [6.45, 7) is 12.1. The molecule has 3 aromatic carbocycles. The number of para-hydroxylation sites is 2. The Balaban J connectivity index is 0.00000115. The highest BCUT2D eigenvalue weighted by Crippen LogP contribution is 2.36. The molecule has 0 atom stereocenters. The lowest BCUT2D eigenvalue weighted by atomic mass is 10.0.